The molecule has 20 heavy (non-hydrogen) atoms. The number of benzene rings is 1. The van der Waals surface area contributed by atoms with Crippen molar-refractivity contribution in [3.8, 4) is 0 Å². The van der Waals surface area contributed by atoms with Gasteiger partial charge in [-0.05, 0) is 24.6 Å². The number of amides is 1. The standard InChI is InChI=1S/C16H23N3O/c1-12(2)8-18-16(20)11-19-10-13(9-17-3)14-6-4-5-7-15(14)19/h4-7,10,12,17H,8-9,11H2,1-3H3,(H,18,20). The Kier molecular flexibility index (Phi) is 4.79. The highest BCUT2D eigenvalue weighted by molar-refractivity contribution is 5.86. The summed E-state index contributed by atoms with van der Waals surface area (Å²) < 4.78 is 2.03. The minimum Gasteiger partial charge on any atom is -0.354 e. The van der Waals surface area contributed by atoms with Gasteiger partial charge < -0.3 is 15.2 Å². The van der Waals surface area contributed by atoms with E-state index in [4.69, 9.17) is 0 Å². The number of hydrogen-bond acceptors (Lipinski definition) is 2. The second-order valence-corrected chi connectivity index (χ2v) is 5.53. The van der Waals surface area contributed by atoms with E-state index in [1.807, 2.05) is 23.7 Å². The summed E-state index contributed by atoms with van der Waals surface area (Å²) in [5.41, 5.74) is 2.33. The summed E-state index contributed by atoms with van der Waals surface area (Å²) in [6.07, 6.45) is 2.07. The van der Waals surface area contributed by atoms with Crippen LogP contribution in [0.5, 0.6) is 0 Å². The van der Waals surface area contributed by atoms with Crippen molar-refractivity contribution >= 4 is 16.8 Å². The molecule has 0 unspecified atom stereocenters. The van der Waals surface area contributed by atoms with Crippen LogP contribution in [0.4, 0.5) is 0 Å². The predicted octanol–water partition coefficient (Wildman–Crippen LogP) is 2.13. The lowest BCUT2D eigenvalue weighted by molar-refractivity contribution is -0.121. The van der Waals surface area contributed by atoms with Gasteiger partial charge >= 0.3 is 0 Å². The fourth-order valence-corrected chi connectivity index (χ4v) is 2.31. The fraction of sp³-hybridized carbons (Fsp3) is 0.438. The Morgan fingerprint density at radius 3 is 2.75 bits per heavy atom. The van der Waals surface area contributed by atoms with E-state index in [0.717, 1.165) is 18.6 Å². The SMILES string of the molecule is CNCc1cn(CC(=O)NCC(C)C)c2ccccc12. The van der Waals surface area contributed by atoms with Crippen LogP contribution in [0, 0.1) is 5.92 Å². The van der Waals surface area contributed by atoms with E-state index in [0.29, 0.717) is 12.5 Å². The summed E-state index contributed by atoms with van der Waals surface area (Å²) in [4.78, 5) is 12.0. The molecular formula is C16H23N3O. The molecule has 1 amide bonds. The number of carbonyl (C=O) groups excluding carboxylic acids is 1. The molecule has 2 rings (SSSR count). The molecule has 0 aliphatic carbocycles. The second kappa shape index (κ2) is 6.57. The molecule has 0 aliphatic heterocycles. The zero-order chi connectivity index (χ0) is 14.5. The Balaban J connectivity index is 2.19. The maximum absolute atomic E-state index is 12.0. The number of fused-ring (bicyclic) bond motifs is 1. The highest BCUT2D eigenvalue weighted by atomic mass is 16.1. The molecule has 0 bridgehead atoms. The Hall–Kier alpha value is -1.81. The Bertz CT molecular complexity index is 586. The highest BCUT2D eigenvalue weighted by Gasteiger charge is 2.10. The van der Waals surface area contributed by atoms with Crippen molar-refractivity contribution in [1.82, 2.24) is 15.2 Å². The third-order valence-corrected chi connectivity index (χ3v) is 3.26. The molecule has 0 fully saturated rings. The van der Waals surface area contributed by atoms with Gasteiger partial charge in [-0.15, -0.1) is 0 Å². The van der Waals surface area contributed by atoms with E-state index >= 15 is 0 Å². The lowest BCUT2D eigenvalue weighted by Crippen LogP contribution is -2.30. The molecule has 2 aromatic rings. The number of nitrogens with one attached hydrogen (secondary N) is 2. The van der Waals surface area contributed by atoms with Crippen molar-refractivity contribution < 1.29 is 4.79 Å². The predicted molar refractivity (Wildman–Crippen MR) is 82.5 cm³/mol. The smallest absolute Gasteiger partial charge is 0.239 e. The molecule has 0 radical (unpaired) electrons. The van der Waals surface area contributed by atoms with Gasteiger partial charge in [0.25, 0.3) is 0 Å². The van der Waals surface area contributed by atoms with Crippen molar-refractivity contribution in [2.24, 2.45) is 5.92 Å². The summed E-state index contributed by atoms with van der Waals surface area (Å²) in [7, 11) is 1.93. The first-order valence-electron chi connectivity index (χ1n) is 7.10. The molecule has 4 heteroatoms. The van der Waals surface area contributed by atoms with Crippen LogP contribution in [0.25, 0.3) is 10.9 Å². The van der Waals surface area contributed by atoms with Gasteiger partial charge in [-0.3, -0.25) is 4.79 Å². The summed E-state index contributed by atoms with van der Waals surface area (Å²) in [5, 5.41) is 7.34. The number of rotatable bonds is 6. The third kappa shape index (κ3) is 3.39. The lowest BCUT2D eigenvalue weighted by Gasteiger charge is -2.09. The molecule has 1 heterocycles. The molecule has 1 aromatic heterocycles. The van der Waals surface area contributed by atoms with Crippen LogP contribution >= 0.6 is 0 Å². The van der Waals surface area contributed by atoms with Crippen molar-refractivity contribution in [3.05, 3.63) is 36.0 Å². The molecule has 4 nitrogen and oxygen atoms in total. The summed E-state index contributed by atoms with van der Waals surface area (Å²) >= 11 is 0. The van der Waals surface area contributed by atoms with Crippen molar-refractivity contribution in [2.45, 2.75) is 26.9 Å². The average Bonchev–Trinajstić information content (AvgIpc) is 2.76. The minimum absolute atomic E-state index is 0.0652. The zero-order valence-corrected chi connectivity index (χ0v) is 12.4. The number of carbonyl (C=O) groups is 1. The van der Waals surface area contributed by atoms with Crippen LogP contribution in [0.15, 0.2) is 30.5 Å². The quantitative estimate of drug-likeness (QED) is 0.847. The summed E-state index contributed by atoms with van der Waals surface area (Å²) in [6.45, 7) is 6.09. The molecular weight excluding hydrogens is 250 g/mol. The van der Waals surface area contributed by atoms with Crippen molar-refractivity contribution in [1.29, 1.82) is 0 Å². The first-order valence-corrected chi connectivity index (χ1v) is 7.10. The molecule has 108 valence electrons. The molecule has 1 aromatic carbocycles. The maximum Gasteiger partial charge on any atom is 0.239 e. The number of para-hydroxylation sites is 1. The van der Waals surface area contributed by atoms with Gasteiger partial charge in [0.2, 0.25) is 5.91 Å². The Morgan fingerprint density at radius 2 is 2.05 bits per heavy atom. The van der Waals surface area contributed by atoms with Gasteiger partial charge in [0.05, 0.1) is 0 Å². The Labute approximate surface area is 120 Å². The first kappa shape index (κ1) is 14.6. The molecule has 0 atom stereocenters. The number of aromatic nitrogens is 1. The minimum atomic E-state index is 0.0652. The fourth-order valence-electron chi connectivity index (χ4n) is 2.31. The molecule has 0 saturated carbocycles. The van der Waals surface area contributed by atoms with Gasteiger partial charge in [0.1, 0.15) is 6.54 Å². The van der Waals surface area contributed by atoms with Gasteiger partial charge in [-0.25, -0.2) is 0 Å². The first-order chi connectivity index (χ1) is 9.61. The molecule has 2 N–H and O–H groups in total. The lowest BCUT2D eigenvalue weighted by atomic mass is 10.2. The van der Waals surface area contributed by atoms with Gasteiger partial charge in [0, 0.05) is 30.2 Å². The highest BCUT2D eigenvalue weighted by Crippen LogP contribution is 2.21. The van der Waals surface area contributed by atoms with E-state index in [-0.39, 0.29) is 5.91 Å². The zero-order valence-electron chi connectivity index (χ0n) is 12.4. The van der Waals surface area contributed by atoms with Crippen molar-refractivity contribution in [2.75, 3.05) is 13.6 Å². The van der Waals surface area contributed by atoms with Crippen molar-refractivity contribution in [3.63, 3.8) is 0 Å². The topological polar surface area (TPSA) is 46.1 Å². The van der Waals surface area contributed by atoms with Crippen LogP contribution in [0.1, 0.15) is 19.4 Å². The average molecular weight is 273 g/mol. The summed E-state index contributed by atoms with van der Waals surface area (Å²) in [5.74, 6) is 0.538. The Morgan fingerprint density at radius 1 is 1.30 bits per heavy atom. The monoisotopic (exact) mass is 273 g/mol. The maximum atomic E-state index is 12.0. The normalized spacial score (nSPS) is 11.2. The van der Waals surface area contributed by atoms with Gasteiger partial charge in [0.15, 0.2) is 0 Å². The molecule has 0 aliphatic rings. The van der Waals surface area contributed by atoms with E-state index in [1.54, 1.807) is 0 Å². The van der Waals surface area contributed by atoms with Crippen LogP contribution in [0.3, 0.4) is 0 Å². The van der Waals surface area contributed by atoms with Gasteiger partial charge in [-0.1, -0.05) is 32.0 Å². The van der Waals surface area contributed by atoms with Crippen LogP contribution in [-0.2, 0) is 17.9 Å². The van der Waals surface area contributed by atoms with Crippen LogP contribution in [-0.4, -0.2) is 24.1 Å². The largest absolute Gasteiger partial charge is 0.354 e. The van der Waals surface area contributed by atoms with E-state index in [9.17, 15) is 4.79 Å². The van der Waals surface area contributed by atoms with Gasteiger partial charge in [-0.2, -0.15) is 0 Å². The van der Waals surface area contributed by atoms with E-state index < -0.39 is 0 Å². The summed E-state index contributed by atoms with van der Waals surface area (Å²) in [6, 6.07) is 8.20. The number of nitrogens with zero attached hydrogens (tertiary/aromatic N) is 1. The van der Waals surface area contributed by atoms with E-state index in [1.165, 1.54) is 10.9 Å². The second-order valence-electron chi connectivity index (χ2n) is 5.53. The van der Waals surface area contributed by atoms with Crippen LogP contribution < -0.4 is 10.6 Å². The molecule has 0 saturated heterocycles. The third-order valence-electron chi connectivity index (χ3n) is 3.26. The van der Waals surface area contributed by atoms with Crippen LogP contribution in [0.2, 0.25) is 0 Å². The number of hydrogen-bond donors (Lipinski definition) is 2. The molecule has 0 spiro atoms. The van der Waals surface area contributed by atoms with E-state index in [2.05, 4.69) is 42.8 Å².